The molecule has 0 unspecified atom stereocenters. The predicted molar refractivity (Wildman–Crippen MR) is 172 cm³/mol. The van der Waals surface area contributed by atoms with Crippen LogP contribution in [0, 0.1) is 17.0 Å². The Balaban J connectivity index is 1.40. The molecule has 1 aromatic carbocycles. The molecule has 0 amide bonds. The molecule has 13 nitrogen and oxygen atoms in total. The van der Waals surface area contributed by atoms with Gasteiger partial charge in [0.15, 0.2) is 5.82 Å². The Hall–Kier alpha value is -4.59. The molecule has 2 fully saturated rings. The summed E-state index contributed by atoms with van der Waals surface area (Å²) >= 11 is 0. The van der Waals surface area contributed by atoms with E-state index in [1.807, 2.05) is 43.0 Å². The zero-order chi connectivity index (χ0) is 32.9. The molecule has 1 saturated heterocycles. The van der Waals surface area contributed by atoms with Gasteiger partial charge in [0, 0.05) is 61.5 Å². The molecule has 1 saturated carbocycles. The molecule has 244 valence electrons. The Kier molecular flexibility index (Phi) is 8.17. The number of esters is 1. The van der Waals surface area contributed by atoms with Crippen molar-refractivity contribution in [2.45, 2.75) is 63.8 Å². The number of methoxy groups -OCH3 is 1. The van der Waals surface area contributed by atoms with Crippen molar-refractivity contribution in [2.75, 3.05) is 56.0 Å². The lowest BCUT2D eigenvalue weighted by atomic mass is 10.0. The van der Waals surface area contributed by atoms with Gasteiger partial charge in [0.25, 0.3) is 5.69 Å². The smallest absolute Gasteiger partial charge is 0.343 e. The van der Waals surface area contributed by atoms with E-state index in [9.17, 15) is 19.3 Å². The van der Waals surface area contributed by atoms with E-state index in [-0.39, 0.29) is 59.1 Å². The Labute approximate surface area is 266 Å². The molecular weight excluding hydrogens is 595 g/mol. The summed E-state index contributed by atoms with van der Waals surface area (Å²) in [5.74, 6) is 0.186. The van der Waals surface area contributed by atoms with E-state index in [1.54, 1.807) is 24.8 Å². The summed E-state index contributed by atoms with van der Waals surface area (Å²) < 4.78 is 25.8. The summed E-state index contributed by atoms with van der Waals surface area (Å²) in [6.45, 7) is 6.68. The number of hydrogen-bond donors (Lipinski definition) is 1. The van der Waals surface area contributed by atoms with Crippen LogP contribution in [0.25, 0.3) is 0 Å². The molecule has 1 N–H and O–H groups in total. The molecule has 4 heterocycles. The summed E-state index contributed by atoms with van der Waals surface area (Å²) in [4.78, 5) is 44.8. The fourth-order valence-corrected chi connectivity index (χ4v) is 6.49. The van der Waals surface area contributed by atoms with E-state index in [0.717, 1.165) is 29.9 Å². The number of nitro benzene ring substituents is 1. The lowest BCUT2D eigenvalue weighted by Gasteiger charge is -2.29. The van der Waals surface area contributed by atoms with Gasteiger partial charge in [-0.25, -0.2) is 14.2 Å². The van der Waals surface area contributed by atoms with E-state index in [1.165, 1.54) is 19.4 Å². The zero-order valence-corrected chi connectivity index (χ0v) is 26.9. The number of fused-ring (bicyclic) bond motifs is 2. The number of aromatic nitrogens is 3. The van der Waals surface area contributed by atoms with E-state index in [4.69, 9.17) is 19.4 Å². The molecule has 2 atom stereocenters. The third-order valence-corrected chi connectivity index (χ3v) is 8.70. The van der Waals surface area contributed by atoms with Gasteiger partial charge in [0.2, 0.25) is 5.95 Å². The molecule has 1 aliphatic carbocycles. The number of carbonyl (C=O) groups excluding carboxylic acids is 1. The second-order valence-electron chi connectivity index (χ2n) is 12.9. The second-order valence-corrected chi connectivity index (χ2v) is 12.9. The van der Waals surface area contributed by atoms with Gasteiger partial charge in [-0.3, -0.25) is 15.1 Å². The first-order valence-corrected chi connectivity index (χ1v) is 15.4. The number of benzene rings is 1. The van der Waals surface area contributed by atoms with Crippen LogP contribution in [0.15, 0.2) is 30.5 Å². The lowest BCUT2D eigenvalue weighted by Crippen LogP contribution is -2.37. The Morgan fingerprint density at radius 3 is 2.65 bits per heavy atom. The maximum Gasteiger partial charge on any atom is 0.343 e. The highest BCUT2D eigenvalue weighted by atomic mass is 19.1. The van der Waals surface area contributed by atoms with Gasteiger partial charge in [-0.05, 0) is 59.8 Å². The van der Waals surface area contributed by atoms with Gasteiger partial charge in [0.05, 0.1) is 35.2 Å². The topological polar surface area (TPSA) is 139 Å². The summed E-state index contributed by atoms with van der Waals surface area (Å²) in [5, 5.41) is 15.4. The van der Waals surface area contributed by atoms with Gasteiger partial charge in [-0.15, -0.1) is 0 Å². The minimum Gasteiger partial charge on any atom is -0.494 e. The summed E-state index contributed by atoms with van der Waals surface area (Å²) in [7, 11) is 5.23. The van der Waals surface area contributed by atoms with Gasteiger partial charge >= 0.3 is 5.97 Å². The number of ether oxygens (including phenoxy) is 2. The monoisotopic (exact) mass is 634 g/mol. The first kappa shape index (κ1) is 31.4. The first-order valence-electron chi connectivity index (χ1n) is 15.4. The molecule has 14 heteroatoms. The largest absolute Gasteiger partial charge is 0.494 e. The normalized spacial score (nSPS) is 19.6. The average Bonchev–Trinajstić information content (AvgIpc) is 3.59. The van der Waals surface area contributed by atoms with Crippen LogP contribution < -0.4 is 19.9 Å². The molecule has 0 bridgehead atoms. The number of nitrogens with zero attached hydrogens (tertiary/aromatic N) is 7. The van der Waals surface area contributed by atoms with E-state index >= 15 is 0 Å². The van der Waals surface area contributed by atoms with Crippen LogP contribution in [0.2, 0.25) is 0 Å². The van der Waals surface area contributed by atoms with Crippen LogP contribution in [-0.4, -0.2) is 89.9 Å². The number of rotatable bonds is 10. The van der Waals surface area contributed by atoms with Crippen LogP contribution in [0.5, 0.6) is 5.75 Å². The molecule has 46 heavy (non-hydrogen) atoms. The molecule has 3 aliphatic rings. The number of nitrogens with one attached hydrogen (secondary N) is 1. The number of alkyl halides is 1. The van der Waals surface area contributed by atoms with Crippen molar-refractivity contribution in [2.24, 2.45) is 0 Å². The van der Waals surface area contributed by atoms with E-state index in [2.05, 4.69) is 10.3 Å². The Morgan fingerprint density at radius 1 is 1.24 bits per heavy atom. The van der Waals surface area contributed by atoms with Crippen LogP contribution in [0.3, 0.4) is 0 Å². The van der Waals surface area contributed by atoms with Crippen LogP contribution in [0.4, 0.5) is 38.9 Å². The summed E-state index contributed by atoms with van der Waals surface area (Å²) in [6, 6.07) is 6.59. The summed E-state index contributed by atoms with van der Waals surface area (Å²) in [5.41, 5.74) is 3.19. The number of hydrogen-bond acceptors (Lipinski definition) is 12. The van der Waals surface area contributed by atoms with Crippen molar-refractivity contribution < 1.29 is 23.6 Å². The fraction of sp³-hybridized carbons (Fsp3) is 0.500. The van der Waals surface area contributed by atoms with Crippen molar-refractivity contribution >= 4 is 40.5 Å². The van der Waals surface area contributed by atoms with Crippen LogP contribution in [0.1, 0.15) is 54.9 Å². The lowest BCUT2D eigenvalue weighted by molar-refractivity contribution is -0.384. The highest BCUT2D eigenvalue weighted by Crippen LogP contribution is 2.57. The van der Waals surface area contributed by atoms with Gasteiger partial charge < -0.3 is 29.5 Å². The quantitative estimate of drug-likeness (QED) is 0.181. The highest BCUT2D eigenvalue weighted by Gasteiger charge is 2.54. The molecule has 6 rings (SSSR count). The number of nitro groups is 1. The highest BCUT2D eigenvalue weighted by molar-refractivity contribution is 5.96. The van der Waals surface area contributed by atoms with Crippen LogP contribution >= 0.6 is 0 Å². The Morgan fingerprint density at radius 2 is 2.00 bits per heavy atom. The average molecular weight is 635 g/mol. The SMILES string of the molecule is COc1cc(N2C[C@@H](F)C[C@@H]2CN(C)C)c([N+](=O)[O-])cc1Nc1ncc(C(=O)OC(C)C)c(N2CC3(CC3)c3nc(C)ccc32)n1. The fourth-order valence-electron chi connectivity index (χ4n) is 6.49. The zero-order valence-electron chi connectivity index (χ0n) is 26.9. The third kappa shape index (κ3) is 5.88. The molecular formula is C32H39FN8O5. The predicted octanol–water partition coefficient (Wildman–Crippen LogP) is 5.07. The second kappa shape index (κ2) is 12.0. The first-order chi connectivity index (χ1) is 21.9. The van der Waals surface area contributed by atoms with Gasteiger partial charge in [0.1, 0.15) is 23.2 Å². The number of likely N-dealkylation sites (N-methyl/N-ethyl adjacent to an activating group) is 1. The van der Waals surface area contributed by atoms with E-state index in [0.29, 0.717) is 24.7 Å². The van der Waals surface area contributed by atoms with E-state index < -0.39 is 17.1 Å². The standard InChI is InChI=1S/C32H39FN8O5/c1-18(2)46-30(42)22-14-34-31(37-29(22)40-17-32(9-10-32)28-24(40)8-7-19(3)35-28)36-23-12-26(41(43)44)25(13-27(23)45-6)39-15-20(33)11-21(39)16-38(4)5/h7-8,12-14,18,20-21H,9-11,15-17H2,1-6H3,(H,34,36,37)/t20-,21+/m0/s1. The van der Waals surface area contributed by atoms with Gasteiger partial charge in [-0.2, -0.15) is 4.98 Å². The number of pyridine rings is 1. The third-order valence-electron chi connectivity index (χ3n) is 8.70. The maximum atomic E-state index is 14.6. The number of halogens is 1. The number of carbonyl (C=O) groups is 1. The molecule has 2 aliphatic heterocycles. The van der Waals surface area contributed by atoms with Gasteiger partial charge in [-0.1, -0.05) is 0 Å². The van der Waals surface area contributed by atoms with Crippen molar-refractivity contribution in [1.82, 2.24) is 19.9 Å². The minimum absolute atomic E-state index is 0.0445. The number of aryl methyl sites for hydroxylation is 1. The molecule has 1 spiro atoms. The molecule has 3 aromatic rings. The van der Waals surface area contributed by atoms with Crippen molar-refractivity contribution in [3.05, 3.63) is 57.5 Å². The maximum absolute atomic E-state index is 14.6. The minimum atomic E-state index is -1.11. The van der Waals surface area contributed by atoms with Crippen molar-refractivity contribution in [1.29, 1.82) is 0 Å². The number of anilines is 5. The Bertz CT molecular complexity index is 1680. The van der Waals surface area contributed by atoms with Crippen LogP contribution in [-0.2, 0) is 10.2 Å². The summed E-state index contributed by atoms with van der Waals surface area (Å²) in [6.07, 6.45) is 2.18. The molecule has 2 aromatic heterocycles. The molecule has 0 radical (unpaired) electrons. The van der Waals surface area contributed by atoms with Crippen molar-refractivity contribution in [3.63, 3.8) is 0 Å². The van der Waals surface area contributed by atoms with Crippen molar-refractivity contribution in [3.8, 4) is 5.75 Å².